The Morgan fingerprint density at radius 1 is 1.05 bits per heavy atom. The van der Waals surface area contributed by atoms with Crippen molar-refractivity contribution in [2.45, 2.75) is 11.4 Å². The molecule has 0 amide bonds. The van der Waals surface area contributed by atoms with Gasteiger partial charge in [0.1, 0.15) is 0 Å². The fourth-order valence-electron chi connectivity index (χ4n) is 2.13. The first kappa shape index (κ1) is 13.7. The zero-order chi connectivity index (χ0) is 14.5. The molecule has 0 spiro atoms. The fraction of sp³-hybridized carbons (Fsp3) is 0.0556. The lowest BCUT2D eigenvalue weighted by molar-refractivity contribution is 0.982. The summed E-state index contributed by atoms with van der Waals surface area (Å²) in [7, 11) is 0. The zero-order valence-electron chi connectivity index (χ0n) is 11.4. The first-order valence-electron chi connectivity index (χ1n) is 6.66. The van der Waals surface area contributed by atoms with Gasteiger partial charge in [-0.25, -0.2) is 0 Å². The highest BCUT2D eigenvalue weighted by Gasteiger charge is 2.01. The molecule has 0 aliphatic carbocycles. The number of pyridine rings is 1. The smallest absolute Gasteiger partial charge is 0.0705 e. The van der Waals surface area contributed by atoms with Crippen molar-refractivity contribution in [2.24, 2.45) is 0 Å². The van der Waals surface area contributed by atoms with Crippen LogP contribution in [0.4, 0.5) is 0 Å². The standard InChI is InChI=1S/C18H14N2S/c1-2-14-7-9-16(10-8-14)21-20-13-15-11-12-19-18-6-4-3-5-17(15)18/h1,3-12,20H,13H2. The van der Waals surface area contributed by atoms with Crippen LogP contribution in [0.3, 0.4) is 0 Å². The van der Waals surface area contributed by atoms with Crippen LogP contribution in [-0.4, -0.2) is 4.98 Å². The Labute approximate surface area is 128 Å². The van der Waals surface area contributed by atoms with Crippen molar-refractivity contribution >= 4 is 22.9 Å². The predicted octanol–water partition coefficient (Wildman–Crippen LogP) is 4.01. The second-order valence-corrected chi connectivity index (χ2v) is 5.54. The molecule has 0 saturated heterocycles. The quantitative estimate of drug-likeness (QED) is 0.580. The molecule has 3 aromatic rings. The number of nitrogens with one attached hydrogen (secondary N) is 1. The molecule has 0 bridgehead atoms. The topological polar surface area (TPSA) is 24.9 Å². The molecule has 1 heterocycles. The van der Waals surface area contributed by atoms with Crippen LogP contribution in [0.1, 0.15) is 11.1 Å². The van der Waals surface area contributed by atoms with Crippen molar-refractivity contribution in [2.75, 3.05) is 0 Å². The predicted molar refractivity (Wildman–Crippen MR) is 88.8 cm³/mol. The Bertz CT molecular complexity index is 783. The molecule has 0 radical (unpaired) electrons. The highest BCUT2D eigenvalue weighted by Crippen LogP contribution is 2.19. The number of rotatable bonds is 4. The first-order chi connectivity index (χ1) is 10.4. The largest absolute Gasteiger partial charge is 0.256 e. The maximum absolute atomic E-state index is 5.35. The van der Waals surface area contributed by atoms with Gasteiger partial charge in [0.2, 0.25) is 0 Å². The lowest BCUT2D eigenvalue weighted by Crippen LogP contribution is -2.03. The van der Waals surface area contributed by atoms with Gasteiger partial charge in [-0.1, -0.05) is 24.1 Å². The minimum atomic E-state index is 0.782. The van der Waals surface area contributed by atoms with Gasteiger partial charge in [0.15, 0.2) is 0 Å². The van der Waals surface area contributed by atoms with E-state index in [0.29, 0.717) is 0 Å². The molecule has 1 aromatic heterocycles. The van der Waals surface area contributed by atoms with E-state index in [1.54, 1.807) is 11.9 Å². The number of nitrogens with zero attached hydrogens (tertiary/aromatic N) is 1. The van der Waals surface area contributed by atoms with Crippen LogP contribution < -0.4 is 4.72 Å². The third kappa shape index (κ3) is 3.25. The van der Waals surface area contributed by atoms with E-state index in [-0.39, 0.29) is 0 Å². The summed E-state index contributed by atoms with van der Waals surface area (Å²) in [5.41, 5.74) is 3.17. The molecule has 2 aromatic carbocycles. The summed E-state index contributed by atoms with van der Waals surface area (Å²) >= 11 is 1.60. The van der Waals surface area contributed by atoms with E-state index in [1.807, 2.05) is 48.7 Å². The molecule has 3 rings (SSSR count). The number of hydrogen-bond acceptors (Lipinski definition) is 3. The number of terminal acetylenes is 1. The van der Waals surface area contributed by atoms with Gasteiger partial charge < -0.3 is 0 Å². The second kappa shape index (κ2) is 6.45. The zero-order valence-corrected chi connectivity index (χ0v) is 12.2. The molecule has 3 heteroatoms. The highest BCUT2D eigenvalue weighted by atomic mass is 32.2. The molecule has 1 N–H and O–H groups in total. The van der Waals surface area contributed by atoms with Crippen LogP contribution in [0.5, 0.6) is 0 Å². The summed E-state index contributed by atoms with van der Waals surface area (Å²) in [6.07, 6.45) is 7.20. The summed E-state index contributed by atoms with van der Waals surface area (Å²) in [6.45, 7) is 0.782. The molecule has 0 atom stereocenters. The molecule has 21 heavy (non-hydrogen) atoms. The van der Waals surface area contributed by atoms with Gasteiger partial charge >= 0.3 is 0 Å². The van der Waals surface area contributed by atoms with E-state index in [4.69, 9.17) is 6.42 Å². The van der Waals surface area contributed by atoms with E-state index in [9.17, 15) is 0 Å². The monoisotopic (exact) mass is 290 g/mol. The Morgan fingerprint density at radius 3 is 2.67 bits per heavy atom. The van der Waals surface area contributed by atoms with Crippen LogP contribution in [-0.2, 0) is 6.54 Å². The maximum Gasteiger partial charge on any atom is 0.0705 e. The first-order valence-corrected chi connectivity index (χ1v) is 7.47. The lowest BCUT2D eigenvalue weighted by atomic mass is 10.1. The summed E-state index contributed by atoms with van der Waals surface area (Å²) < 4.78 is 3.38. The van der Waals surface area contributed by atoms with Gasteiger partial charge in [0.05, 0.1) is 5.52 Å². The third-order valence-corrected chi connectivity index (χ3v) is 4.01. The van der Waals surface area contributed by atoms with Crippen LogP contribution in [0.25, 0.3) is 10.9 Å². The van der Waals surface area contributed by atoms with Crippen molar-refractivity contribution < 1.29 is 0 Å². The van der Waals surface area contributed by atoms with Gasteiger partial charge in [-0.15, -0.1) is 6.42 Å². The number of para-hydroxylation sites is 1. The molecule has 2 nitrogen and oxygen atoms in total. The maximum atomic E-state index is 5.35. The Balaban J connectivity index is 1.68. The molecule has 0 unspecified atom stereocenters. The number of hydrogen-bond donors (Lipinski definition) is 1. The van der Waals surface area contributed by atoms with Gasteiger partial charge in [-0.2, -0.15) is 0 Å². The van der Waals surface area contributed by atoms with Crippen LogP contribution in [0, 0.1) is 12.3 Å². The lowest BCUT2D eigenvalue weighted by Gasteiger charge is -2.07. The van der Waals surface area contributed by atoms with Crippen LogP contribution >= 0.6 is 11.9 Å². The van der Waals surface area contributed by atoms with Gasteiger partial charge in [-0.05, 0) is 53.9 Å². The highest BCUT2D eigenvalue weighted by molar-refractivity contribution is 7.97. The summed E-state index contributed by atoms with van der Waals surface area (Å²) in [6, 6.07) is 18.2. The molecule has 102 valence electrons. The molecular formula is C18H14N2S. The molecular weight excluding hydrogens is 276 g/mol. The molecule has 0 aliphatic heterocycles. The normalized spacial score (nSPS) is 10.4. The fourth-order valence-corrected chi connectivity index (χ4v) is 2.79. The number of fused-ring (bicyclic) bond motifs is 1. The third-order valence-electron chi connectivity index (χ3n) is 3.21. The van der Waals surface area contributed by atoms with Gasteiger partial charge in [-0.3, -0.25) is 9.71 Å². The van der Waals surface area contributed by atoms with Crippen molar-refractivity contribution in [1.29, 1.82) is 0 Å². The van der Waals surface area contributed by atoms with E-state index >= 15 is 0 Å². The molecule has 0 fully saturated rings. The SMILES string of the molecule is C#Cc1ccc(SNCc2ccnc3ccccc23)cc1. The minimum absolute atomic E-state index is 0.782. The number of benzene rings is 2. The molecule has 0 saturated carbocycles. The summed E-state index contributed by atoms with van der Waals surface area (Å²) in [5.74, 6) is 2.62. The average Bonchev–Trinajstić information content (AvgIpc) is 2.56. The van der Waals surface area contributed by atoms with Crippen LogP contribution in [0.15, 0.2) is 65.7 Å². The summed E-state index contributed by atoms with van der Waals surface area (Å²) in [5, 5.41) is 1.19. The Morgan fingerprint density at radius 2 is 1.86 bits per heavy atom. The van der Waals surface area contributed by atoms with E-state index in [1.165, 1.54) is 10.9 Å². The summed E-state index contributed by atoms with van der Waals surface area (Å²) in [4.78, 5) is 5.52. The average molecular weight is 290 g/mol. The van der Waals surface area contributed by atoms with Crippen LogP contribution in [0.2, 0.25) is 0 Å². The van der Waals surface area contributed by atoms with Gasteiger partial charge in [0.25, 0.3) is 0 Å². The second-order valence-electron chi connectivity index (χ2n) is 4.58. The van der Waals surface area contributed by atoms with E-state index < -0.39 is 0 Å². The van der Waals surface area contributed by atoms with Crippen molar-refractivity contribution in [3.63, 3.8) is 0 Å². The van der Waals surface area contributed by atoms with Gasteiger partial charge in [0, 0.05) is 28.6 Å². The van der Waals surface area contributed by atoms with E-state index in [2.05, 4.69) is 27.8 Å². The van der Waals surface area contributed by atoms with Crippen molar-refractivity contribution in [1.82, 2.24) is 9.71 Å². The van der Waals surface area contributed by atoms with Crippen molar-refractivity contribution in [3.8, 4) is 12.3 Å². The molecule has 0 aliphatic rings. The van der Waals surface area contributed by atoms with E-state index in [0.717, 1.165) is 22.5 Å². The Kier molecular flexibility index (Phi) is 4.20. The van der Waals surface area contributed by atoms with Crippen molar-refractivity contribution in [3.05, 3.63) is 71.9 Å². The Hall–Kier alpha value is -2.28. The minimum Gasteiger partial charge on any atom is -0.256 e. The number of aromatic nitrogens is 1.